The minimum Gasteiger partial charge on any atom is -0.269 e. The summed E-state index contributed by atoms with van der Waals surface area (Å²) in [4.78, 5) is 21.1. The summed E-state index contributed by atoms with van der Waals surface area (Å²) in [6.07, 6.45) is 0. The summed E-state index contributed by atoms with van der Waals surface area (Å²) in [7, 11) is -1.61. The van der Waals surface area contributed by atoms with E-state index in [0.717, 1.165) is 0 Å². The largest absolute Gasteiger partial charge is 0.289 e. The van der Waals surface area contributed by atoms with Crippen LogP contribution in [0.25, 0.3) is 0 Å². The fraction of sp³-hybridized carbons (Fsp3) is 0.857. The maximum absolute atomic E-state index is 11.0. The number of nitroso groups, excluding NO2 is 1. The Morgan fingerprint density at radius 1 is 1.27 bits per heavy atom. The van der Waals surface area contributed by atoms with Crippen LogP contribution < -0.4 is 0 Å². The van der Waals surface area contributed by atoms with Crippen LogP contribution in [0.1, 0.15) is 13.8 Å². The molecule has 0 aliphatic heterocycles. The predicted octanol–water partition coefficient (Wildman–Crippen LogP) is 2.40. The minimum atomic E-state index is -1.61. The maximum Gasteiger partial charge on any atom is 0.289 e. The summed E-state index contributed by atoms with van der Waals surface area (Å²) in [6.45, 7) is 9.74. The minimum absolute atomic E-state index is 0.517. The third kappa shape index (κ3) is 1.96. The van der Waals surface area contributed by atoms with E-state index in [2.05, 4.69) is 24.8 Å². The molecule has 0 fully saturated rings. The van der Waals surface area contributed by atoms with Crippen molar-refractivity contribution < 1.29 is 4.79 Å². The summed E-state index contributed by atoms with van der Waals surface area (Å²) < 4.78 is 0. The van der Waals surface area contributed by atoms with Gasteiger partial charge < -0.3 is 0 Å². The zero-order chi connectivity index (χ0) is 9.28. The van der Waals surface area contributed by atoms with Gasteiger partial charge in [0.1, 0.15) is 0 Å². The molecule has 0 saturated carbocycles. The molecule has 0 aliphatic rings. The van der Waals surface area contributed by atoms with Crippen LogP contribution in [0.15, 0.2) is 5.18 Å². The van der Waals surface area contributed by atoms with Gasteiger partial charge in [-0.3, -0.25) is 4.79 Å². The van der Waals surface area contributed by atoms with Crippen LogP contribution in [-0.2, 0) is 4.79 Å². The Kier molecular flexibility index (Phi) is 2.72. The Hall–Kier alpha value is -0.513. The van der Waals surface area contributed by atoms with Crippen molar-refractivity contribution in [2.75, 3.05) is 0 Å². The zero-order valence-corrected chi connectivity index (χ0v) is 8.76. The monoisotopic (exact) mass is 173 g/mol. The van der Waals surface area contributed by atoms with Crippen LogP contribution in [0, 0.1) is 4.91 Å². The Balaban J connectivity index is 4.73. The van der Waals surface area contributed by atoms with Crippen LogP contribution in [0.5, 0.6) is 0 Å². The maximum atomic E-state index is 11.0. The molecular formula is C7H15NO2Si. The topological polar surface area (TPSA) is 46.5 Å². The number of amides is 1. The first-order valence-corrected chi connectivity index (χ1v) is 7.11. The highest BCUT2D eigenvalue weighted by Crippen LogP contribution is 2.37. The fourth-order valence-corrected chi connectivity index (χ4v) is 1.12. The molecule has 0 atom stereocenters. The van der Waals surface area contributed by atoms with Crippen molar-refractivity contribution in [2.24, 2.45) is 5.18 Å². The number of carbonyl (C=O) groups is 1. The molecule has 0 aromatic heterocycles. The third-order valence-electron chi connectivity index (χ3n) is 2.49. The van der Waals surface area contributed by atoms with Gasteiger partial charge in [-0.15, -0.1) is 4.91 Å². The molecule has 0 aliphatic carbocycles. The molecule has 0 radical (unpaired) electrons. The first-order chi connectivity index (χ1) is 4.73. The Morgan fingerprint density at radius 3 is 1.73 bits per heavy atom. The molecular weight excluding hydrogens is 158 g/mol. The second-order valence-corrected chi connectivity index (χ2v) is 10.0. The summed E-state index contributed by atoms with van der Waals surface area (Å²) in [5, 5.41) is 1.94. The van der Waals surface area contributed by atoms with Crippen molar-refractivity contribution in [3.05, 3.63) is 4.91 Å². The Bertz CT molecular complexity index is 181. The van der Waals surface area contributed by atoms with Gasteiger partial charge in [0.15, 0.2) is 0 Å². The van der Waals surface area contributed by atoms with Gasteiger partial charge in [0.25, 0.3) is 5.91 Å². The smallest absolute Gasteiger partial charge is 0.269 e. The molecule has 0 spiro atoms. The quantitative estimate of drug-likeness (QED) is 0.475. The number of carbonyl (C=O) groups excluding carboxylic acids is 1. The van der Waals surface area contributed by atoms with E-state index in [4.69, 9.17) is 0 Å². The lowest BCUT2D eigenvalue weighted by molar-refractivity contribution is -0.120. The van der Waals surface area contributed by atoms with Crippen molar-refractivity contribution in [3.8, 4) is 0 Å². The van der Waals surface area contributed by atoms with E-state index in [1.165, 1.54) is 0 Å². The number of nitrogens with zero attached hydrogens (tertiary/aromatic N) is 1. The van der Waals surface area contributed by atoms with Crippen LogP contribution in [0.3, 0.4) is 0 Å². The first kappa shape index (κ1) is 10.5. The van der Waals surface area contributed by atoms with Crippen molar-refractivity contribution in [1.29, 1.82) is 0 Å². The van der Waals surface area contributed by atoms with E-state index >= 15 is 0 Å². The molecule has 0 saturated heterocycles. The van der Waals surface area contributed by atoms with Crippen LogP contribution in [0.4, 0.5) is 0 Å². The standard InChI is InChI=1S/C7H15NO2Si/c1-7(2,6(9)8-10)11(3,4)5/h1-5H3. The fourth-order valence-electron chi connectivity index (χ4n) is 0.435. The lowest BCUT2D eigenvalue weighted by Crippen LogP contribution is -2.40. The van der Waals surface area contributed by atoms with E-state index in [-0.39, 0.29) is 0 Å². The molecule has 0 N–H and O–H groups in total. The molecule has 3 nitrogen and oxygen atoms in total. The number of hydrogen-bond acceptors (Lipinski definition) is 2. The first-order valence-electron chi connectivity index (χ1n) is 3.61. The lowest BCUT2D eigenvalue weighted by Gasteiger charge is -2.32. The van der Waals surface area contributed by atoms with Crippen molar-refractivity contribution >= 4 is 14.0 Å². The SMILES string of the molecule is CC(C)(C(=O)N=O)[Si](C)(C)C. The average molecular weight is 173 g/mol. The molecule has 0 bridgehead atoms. The second kappa shape index (κ2) is 2.85. The average Bonchev–Trinajstić information content (AvgIpc) is 1.83. The molecule has 64 valence electrons. The molecule has 11 heavy (non-hydrogen) atoms. The molecule has 0 rings (SSSR count). The molecule has 0 unspecified atom stereocenters. The van der Waals surface area contributed by atoms with Gasteiger partial charge >= 0.3 is 0 Å². The molecule has 4 heteroatoms. The highest BCUT2D eigenvalue weighted by molar-refractivity contribution is 6.82. The van der Waals surface area contributed by atoms with Gasteiger partial charge in [-0.05, 0) is 0 Å². The van der Waals surface area contributed by atoms with Gasteiger partial charge in [0.2, 0.25) is 0 Å². The van der Waals surface area contributed by atoms with E-state index in [1.54, 1.807) is 13.8 Å². The second-order valence-electron chi connectivity index (χ2n) is 4.27. The van der Waals surface area contributed by atoms with Crippen LogP contribution >= 0.6 is 0 Å². The zero-order valence-electron chi connectivity index (χ0n) is 7.76. The highest BCUT2D eigenvalue weighted by Gasteiger charge is 2.41. The van der Waals surface area contributed by atoms with E-state index in [9.17, 15) is 9.70 Å². The van der Waals surface area contributed by atoms with E-state index in [1.807, 2.05) is 0 Å². The Morgan fingerprint density at radius 2 is 1.64 bits per heavy atom. The van der Waals surface area contributed by atoms with Crippen molar-refractivity contribution in [1.82, 2.24) is 0 Å². The molecule has 0 heterocycles. The predicted molar refractivity (Wildman–Crippen MR) is 48.2 cm³/mol. The summed E-state index contributed by atoms with van der Waals surface area (Å²) in [6, 6.07) is 0. The normalized spacial score (nSPS) is 12.8. The van der Waals surface area contributed by atoms with Crippen LogP contribution in [0.2, 0.25) is 24.7 Å². The van der Waals surface area contributed by atoms with Gasteiger partial charge in [0, 0.05) is 10.2 Å². The van der Waals surface area contributed by atoms with Gasteiger partial charge in [-0.25, -0.2) is 0 Å². The summed E-state index contributed by atoms with van der Waals surface area (Å²) >= 11 is 0. The van der Waals surface area contributed by atoms with E-state index < -0.39 is 19.0 Å². The Labute approximate surface area is 68.2 Å². The lowest BCUT2D eigenvalue weighted by atomic mass is 10.2. The van der Waals surface area contributed by atoms with Crippen molar-refractivity contribution in [2.45, 2.75) is 38.5 Å². The number of hydrogen-bond donors (Lipinski definition) is 0. The van der Waals surface area contributed by atoms with Gasteiger partial charge in [-0.1, -0.05) is 33.5 Å². The van der Waals surface area contributed by atoms with E-state index in [0.29, 0.717) is 0 Å². The van der Waals surface area contributed by atoms with Crippen molar-refractivity contribution in [3.63, 3.8) is 0 Å². The molecule has 0 aromatic carbocycles. The molecule has 0 aromatic rings. The van der Waals surface area contributed by atoms with Gasteiger partial charge in [-0.2, -0.15) is 0 Å². The van der Waals surface area contributed by atoms with Gasteiger partial charge in [0.05, 0.1) is 8.07 Å². The number of rotatable bonds is 2. The third-order valence-corrected chi connectivity index (χ3v) is 6.46. The highest BCUT2D eigenvalue weighted by atomic mass is 28.3. The molecule has 1 amide bonds. The summed E-state index contributed by atoms with van der Waals surface area (Å²) in [5.41, 5.74) is 0. The summed E-state index contributed by atoms with van der Waals surface area (Å²) in [5.74, 6) is -0.517. The van der Waals surface area contributed by atoms with Crippen LogP contribution in [-0.4, -0.2) is 14.0 Å².